The third kappa shape index (κ3) is 3.93. The second-order valence-electron chi connectivity index (χ2n) is 6.21. The summed E-state index contributed by atoms with van der Waals surface area (Å²) in [7, 11) is 0. The van der Waals surface area contributed by atoms with Crippen molar-refractivity contribution < 1.29 is 18.8 Å². The number of amides is 4. The van der Waals surface area contributed by atoms with E-state index in [9.17, 15) is 14.4 Å². The quantitative estimate of drug-likeness (QED) is 0.708. The second-order valence-corrected chi connectivity index (χ2v) is 6.21. The Kier molecular flexibility index (Phi) is 5.06. The number of nitrogens with one attached hydrogen (secondary N) is 2. The number of hydrogen-bond acceptors (Lipinski definition) is 5. The normalized spacial score (nSPS) is 16.8. The molecular weight excluding hydrogens is 338 g/mol. The Balaban J connectivity index is 1.47. The number of carbonyl (C=O) groups excluding carboxylic acids is 3. The van der Waals surface area contributed by atoms with Crippen molar-refractivity contribution in [3.05, 3.63) is 41.6 Å². The molecule has 2 aromatic rings. The minimum absolute atomic E-state index is 0.0493. The molecule has 3 heterocycles. The summed E-state index contributed by atoms with van der Waals surface area (Å²) in [5.74, 6) is -0.228. The van der Waals surface area contributed by atoms with Gasteiger partial charge < -0.3 is 15.1 Å². The minimum atomic E-state index is -0.855. The Morgan fingerprint density at radius 1 is 1.38 bits per heavy atom. The molecular formula is C17H21N5O4. The monoisotopic (exact) mass is 359 g/mol. The van der Waals surface area contributed by atoms with Crippen LogP contribution in [0.3, 0.4) is 0 Å². The fraction of sp³-hybridized carbons (Fsp3) is 0.412. The zero-order valence-electron chi connectivity index (χ0n) is 14.7. The van der Waals surface area contributed by atoms with Gasteiger partial charge in [-0.15, -0.1) is 0 Å². The molecule has 9 nitrogen and oxygen atoms in total. The summed E-state index contributed by atoms with van der Waals surface area (Å²) in [6.07, 6.45) is 1.37. The molecule has 26 heavy (non-hydrogen) atoms. The molecule has 9 heteroatoms. The Morgan fingerprint density at radius 3 is 2.85 bits per heavy atom. The largest absolute Gasteiger partial charge is 0.467 e. The van der Waals surface area contributed by atoms with E-state index in [4.69, 9.17) is 4.42 Å². The summed E-state index contributed by atoms with van der Waals surface area (Å²) in [5, 5.41) is 9.60. The van der Waals surface area contributed by atoms with Crippen LogP contribution in [0.5, 0.6) is 0 Å². The summed E-state index contributed by atoms with van der Waals surface area (Å²) in [4.78, 5) is 37.4. The average molecular weight is 359 g/mol. The first-order valence-electron chi connectivity index (χ1n) is 8.36. The van der Waals surface area contributed by atoms with Crippen molar-refractivity contribution in [3.8, 4) is 0 Å². The van der Waals surface area contributed by atoms with Crippen molar-refractivity contribution in [3.63, 3.8) is 0 Å². The van der Waals surface area contributed by atoms with Crippen molar-refractivity contribution in [1.82, 2.24) is 25.3 Å². The molecule has 138 valence electrons. The van der Waals surface area contributed by atoms with Gasteiger partial charge in [-0.3, -0.25) is 19.2 Å². The van der Waals surface area contributed by atoms with Gasteiger partial charge in [0, 0.05) is 12.2 Å². The van der Waals surface area contributed by atoms with E-state index in [0.717, 1.165) is 16.3 Å². The van der Waals surface area contributed by atoms with Crippen LogP contribution in [0, 0.1) is 13.8 Å². The molecule has 2 aromatic heterocycles. The van der Waals surface area contributed by atoms with Crippen LogP contribution in [-0.4, -0.2) is 45.1 Å². The van der Waals surface area contributed by atoms with E-state index in [1.54, 1.807) is 12.1 Å². The van der Waals surface area contributed by atoms with E-state index in [0.29, 0.717) is 18.8 Å². The zero-order valence-corrected chi connectivity index (χ0v) is 14.7. The third-order valence-corrected chi connectivity index (χ3v) is 4.14. The SMILES string of the molecule is Cc1cc(C)n(CCNC(=O)CC2NC(=O)N(Cc3ccco3)C2=O)n1. The lowest BCUT2D eigenvalue weighted by Gasteiger charge is -2.11. The fourth-order valence-corrected chi connectivity index (χ4v) is 2.88. The Hall–Kier alpha value is -3.10. The fourth-order valence-electron chi connectivity index (χ4n) is 2.88. The standard InChI is InChI=1S/C17H21N5O4/c1-11-8-12(2)22(20-11)6-5-18-15(23)9-14-16(24)21(17(25)19-14)10-13-4-3-7-26-13/h3-4,7-8,14H,5-6,9-10H2,1-2H3,(H,18,23)(H,19,25). The maximum atomic E-state index is 12.3. The van der Waals surface area contributed by atoms with Crippen molar-refractivity contribution in [2.75, 3.05) is 6.54 Å². The van der Waals surface area contributed by atoms with Gasteiger partial charge in [0.2, 0.25) is 5.91 Å². The van der Waals surface area contributed by atoms with Crippen LogP contribution < -0.4 is 10.6 Å². The van der Waals surface area contributed by atoms with Gasteiger partial charge in [-0.25, -0.2) is 4.79 Å². The van der Waals surface area contributed by atoms with E-state index in [1.807, 2.05) is 24.6 Å². The maximum Gasteiger partial charge on any atom is 0.325 e. The van der Waals surface area contributed by atoms with Gasteiger partial charge >= 0.3 is 6.03 Å². The van der Waals surface area contributed by atoms with E-state index in [1.165, 1.54) is 6.26 Å². The lowest BCUT2D eigenvalue weighted by molar-refractivity contribution is -0.131. The lowest BCUT2D eigenvalue weighted by Crippen LogP contribution is -2.37. The molecule has 1 fully saturated rings. The molecule has 0 spiro atoms. The molecule has 1 saturated heterocycles. The third-order valence-electron chi connectivity index (χ3n) is 4.14. The van der Waals surface area contributed by atoms with Crippen LogP contribution in [0.1, 0.15) is 23.6 Å². The number of nitrogens with zero attached hydrogens (tertiary/aromatic N) is 3. The topological polar surface area (TPSA) is 109 Å². The molecule has 1 unspecified atom stereocenters. The van der Waals surface area contributed by atoms with Crippen LogP contribution in [-0.2, 0) is 22.7 Å². The number of furan rings is 1. The second kappa shape index (κ2) is 7.42. The van der Waals surface area contributed by atoms with Crippen LogP contribution in [0.15, 0.2) is 28.9 Å². The van der Waals surface area contributed by atoms with Gasteiger partial charge in [0.1, 0.15) is 11.8 Å². The predicted molar refractivity (Wildman–Crippen MR) is 90.9 cm³/mol. The first-order chi connectivity index (χ1) is 12.4. The van der Waals surface area contributed by atoms with Gasteiger partial charge in [0.05, 0.1) is 31.5 Å². The van der Waals surface area contributed by atoms with Gasteiger partial charge in [0.25, 0.3) is 5.91 Å². The Bertz CT molecular complexity index is 811. The average Bonchev–Trinajstić information content (AvgIpc) is 3.26. The van der Waals surface area contributed by atoms with E-state index < -0.39 is 18.0 Å². The molecule has 0 aromatic carbocycles. The lowest BCUT2D eigenvalue weighted by atomic mass is 10.2. The van der Waals surface area contributed by atoms with Crippen LogP contribution in [0.2, 0.25) is 0 Å². The van der Waals surface area contributed by atoms with Crippen molar-refractivity contribution in [2.45, 2.75) is 39.4 Å². The van der Waals surface area contributed by atoms with E-state index >= 15 is 0 Å². The summed E-state index contributed by atoms with van der Waals surface area (Å²) in [6, 6.07) is 3.95. The van der Waals surface area contributed by atoms with E-state index in [2.05, 4.69) is 15.7 Å². The number of urea groups is 1. The zero-order chi connectivity index (χ0) is 18.7. The first-order valence-corrected chi connectivity index (χ1v) is 8.36. The number of carbonyl (C=O) groups is 3. The van der Waals surface area contributed by atoms with Crippen molar-refractivity contribution >= 4 is 17.8 Å². The smallest absolute Gasteiger partial charge is 0.325 e. The molecule has 0 bridgehead atoms. The van der Waals surface area contributed by atoms with Gasteiger partial charge in [-0.05, 0) is 32.0 Å². The van der Waals surface area contributed by atoms with Gasteiger partial charge in [0.15, 0.2) is 0 Å². The summed E-state index contributed by atoms with van der Waals surface area (Å²) in [5.41, 5.74) is 1.94. The van der Waals surface area contributed by atoms with E-state index in [-0.39, 0.29) is 18.9 Å². The minimum Gasteiger partial charge on any atom is -0.467 e. The Morgan fingerprint density at radius 2 is 2.19 bits per heavy atom. The van der Waals surface area contributed by atoms with Crippen LogP contribution in [0.25, 0.3) is 0 Å². The van der Waals surface area contributed by atoms with Crippen LogP contribution >= 0.6 is 0 Å². The molecule has 1 aliphatic rings. The molecule has 0 aliphatic carbocycles. The summed E-state index contributed by atoms with van der Waals surface area (Å²) in [6.45, 7) is 4.84. The highest BCUT2D eigenvalue weighted by Crippen LogP contribution is 2.14. The molecule has 3 rings (SSSR count). The highest BCUT2D eigenvalue weighted by atomic mass is 16.3. The highest BCUT2D eigenvalue weighted by molar-refractivity contribution is 6.05. The number of rotatable bonds is 7. The predicted octanol–water partition coefficient (Wildman–Crippen LogP) is 0.720. The highest BCUT2D eigenvalue weighted by Gasteiger charge is 2.39. The number of aromatic nitrogens is 2. The van der Waals surface area contributed by atoms with Crippen LogP contribution in [0.4, 0.5) is 4.79 Å². The van der Waals surface area contributed by atoms with Gasteiger partial charge in [-0.2, -0.15) is 5.10 Å². The Labute approximate surface area is 150 Å². The molecule has 0 saturated carbocycles. The molecule has 2 N–H and O–H groups in total. The van der Waals surface area contributed by atoms with Crippen molar-refractivity contribution in [2.24, 2.45) is 0 Å². The molecule has 1 atom stereocenters. The first kappa shape index (κ1) is 17.7. The summed E-state index contributed by atoms with van der Waals surface area (Å²) >= 11 is 0. The summed E-state index contributed by atoms with van der Waals surface area (Å²) < 4.78 is 6.96. The number of aryl methyl sites for hydroxylation is 2. The molecule has 0 radical (unpaired) electrons. The molecule has 4 amide bonds. The van der Waals surface area contributed by atoms with Gasteiger partial charge in [-0.1, -0.05) is 0 Å². The number of hydrogen-bond donors (Lipinski definition) is 2. The van der Waals surface area contributed by atoms with Crippen molar-refractivity contribution in [1.29, 1.82) is 0 Å². The molecule has 1 aliphatic heterocycles. The number of imide groups is 1. The maximum absolute atomic E-state index is 12.3.